The predicted octanol–water partition coefficient (Wildman–Crippen LogP) is 6.21. The molecule has 4 aromatic heterocycles. The monoisotopic (exact) mass is 811 g/mol. The third-order valence-electron chi connectivity index (χ3n) is 12.3. The van der Waals surface area contributed by atoms with E-state index in [2.05, 4.69) is 32.5 Å². The summed E-state index contributed by atoms with van der Waals surface area (Å²) in [4.78, 5) is 64.7. The van der Waals surface area contributed by atoms with Crippen LogP contribution in [0.3, 0.4) is 0 Å². The highest BCUT2D eigenvalue weighted by Gasteiger charge is 2.33. The van der Waals surface area contributed by atoms with Crippen LogP contribution < -0.4 is 26.0 Å². The molecule has 3 fully saturated rings. The highest BCUT2D eigenvalue weighted by molar-refractivity contribution is 6.06. The van der Waals surface area contributed by atoms with Gasteiger partial charge in [0.1, 0.15) is 29.0 Å². The molecule has 3 amide bonds. The topological polar surface area (TPSA) is 148 Å². The molecule has 1 unspecified atom stereocenters. The molecule has 3 aliphatic rings. The zero-order valence-corrected chi connectivity index (χ0v) is 33.9. The van der Waals surface area contributed by atoms with Gasteiger partial charge in [0.15, 0.2) is 0 Å². The van der Waals surface area contributed by atoms with Crippen molar-refractivity contribution in [2.45, 2.75) is 95.7 Å². The minimum Gasteiger partial charge on any atom is -0.490 e. The van der Waals surface area contributed by atoms with E-state index < -0.39 is 30.0 Å². The van der Waals surface area contributed by atoms with E-state index in [0.717, 1.165) is 75.1 Å². The number of nitrogens with zero attached hydrogens (tertiary/aromatic N) is 7. The number of pyridine rings is 2. The van der Waals surface area contributed by atoms with Crippen molar-refractivity contribution in [2.24, 2.45) is 13.0 Å². The lowest BCUT2D eigenvalue weighted by Gasteiger charge is -2.40. The minimum absolute atomic E-state index is 0.0354. The number of fused-ring (bicyclic) bond motifs is 2. The van der Waals surface area contributed by atoms with Crippen molar-refractivity contribution < 1.29 is 27.9 Å². The smallest absolute Gasteiger partial charge is 0.329 e. The summed E-state index contributed by atoms with van der Waals surface area (Å²) in [5, 5.41) is 5.02. The average molecular weight is 812 g/mol. The number of aryl methyl sites for hydroxylation is 1. The van der Waals surface area contributed by atoms with Crippen LogP contribution in [-0.2, 0) is 16.6 Å². The van der Waals surface area contributed by atoms with E-state index in [1.807, 2.05) is 42.6 Å². The van der Waals surface area contributed by atoms with Gasteiger partial charge in [-0.1, -0.05) is 6.07 Å². The molecule has 16 heteroatoms. The van der Waals surface area contributed by atoms with Crippen molar-refractivity contribution in [3.63, 3.8) is 0 Å². The summed E-state index contributed by atoms with van der Waals surface area (Å²) in [5.74, 6) is 0.0247. The first-order chi connectivity index (χ1) is 28.3. The summed E-state index contributed by atoms with van der Waals surface area (Å²) in [5.41, 5.74) is 3.75. The number of aromatic nitrogens is 5. The number of ether oxygens (including phenoxy) is 1. The number of anilines is 2. The molecular weight excluding hydrogens is 761 g/mol. The number of hydrogen-bond donors (Lipinski definition) is 2. The Morgan fingerprint density at radius 1 is 0.966 bits per heavy atom. The molecule has 0 spiro atoms. The molecule has 5 aromatic rings. The number of hydrogen-bond acceptors (Lipinski definition) is 9. The van der Waals surface area contributed by atoms with Gasteiger partial charge >= 0.3 is 5.69 Å². The largest absolute Gasteiger partial charge is 0.490 e. The lowest BCUT2D eigenvalue weighted by molar-refractivity contribution is -0.135. The number of benzene rings is 1. The van der Waals surface area contributed by atoms with Crippen molar-refractivity contribution in [1.82, 2.24) is 33.7 Å². The fraction of sp³-hybridized carbons (Fsp3) is 0.488. The molecule has 0 bridgehead atoms. The second kappa shape index (κ2) is 16.5. The molecule has 2 aliphatic heterocycles. The maximum atomic E-state index is 13.4. The van der Waals surface area contributed by atoms with Crippen LogP contribution in [0.4, 0.5) is 20.3 Å². The molecule has 2 saturated heterocycles. The van der Waals surface area contributed by atoms with Crippen LogP contribution in [0.2, 0.25) is 0 Å². The van der Waals surface area contributed by atoms with Crippen molar-refractivity contribution in [3.8, 4) is 5.75 Å². The van der Waals surface area contributed by atoms with Crippen LogP contribution >= 0.6 is 0 Å². The molecule has 8 rings (SSSR count). The number of rotatable bonds is 11. The van der Waals surface area contributed by atoms with Crippen molar-refractivity contribution in [3.05, 3.63) is 82.3 Å². The van der Waals surface area contributed by atoms with Crippen LogP contribution in [0.1, 0.15) is 105 Å². The first kappa shape index (κ1) is 40.2. The Balaban J connectivity index is 0.863. The van der Waals surface area contributed by atoms with E-state index >= 15 is 0 Å². The van der Waals surface area contributed by atoms with Crippen molar-refractivity contribution >= 4 is 45.9 Å². The molecule has 1 saturated carbocycles. The molecular formula is C43H51F2N9O5. The Bertz CT molecular complexity index is 2440. The quantitative estimate of drug-likeness (QED) is 0.149. The number of amides is 3. The normalized spacial score (nSPS) is 20.6. The lowest BCUT2D eigenvalue weighted by Crippen LogP contribution is -2.45. The molecule has 59 heavy (non-hydrogen) atoms. The highest BCUT2D eigenvalue weighted by atomic mass is 19.3. The number of carbonyl (C=O) groups excluding carboxylic acids is 3. The molecule has 1 aliphatic carbocycles. The zero-order chi connectivity index (χ0) is 41.5. The lowest BCUT2D eigenvalue weighted by atomic mass is 9.80. The van der Waals surface area contributed by atoms with Gasteiger partial charge in [-0.3, -0.25) is 28.8 Å². The Labute approximate surface area is 340 Å². The summed E-state index contributed by atoms with van der Waals surface area (Å²) < 4.78 is 37.4. The maximum absolute atomic E-state index is 13.4. The Morgan fingerprint density at radius 3 is 2.44 bits per heavy atom. The van der Waals surface area contributed by atoms with Gasteiger partial charge < -0.3 is 24.3 Å². The Morgan fingerprint density at radius 2 is 1.73 bits per heavy atom. The first-order valence-electron chi connectivity index (χ1n) is 20.6. The molecule has 1 atom stereocenters. The predicted molar refractivity (Wildman–Crippen MR) is 219 cm³/mol. The van der Waals surface area contributed by atoms with E-state index in [-0.39, 0.29) is 35.5 Å². The molecule has 0 radical (unpaired) electrons. The van der Waals surface area contributed by atoms with Gasteiger partial charge in [0.25, 0.3) is 12.3 Å². The van der Waals surface area contributed by atoms with Crippen molar-refractivity contribution in [2.75, 3.05) is 36.9 Å². The van der Waals surface area contributed by atoms with Gasteiger partial charge in [0.05, 0.1) is 28.4 Å². The van der Waals surface area contributed by atoms with Crippen LogP contribution in [-0.4, -0.2) is 85.0 Å². The summed E-state index contributed by atoms with van der Waals surface area (Å²) in [6.45, 7) is 6.58. The first-order valence-corrected chi connectivity index (χ1v) is 20.6. The van der Waals surface area contributed by atoms with E-state index in [1.54, 1.807) is 23.9 Å². The second-order valence-electron chi connectivity index (χ2n) is 16.6. The number of piperidine rings is 2. The third kappa shape index (κ3) is 8.32. The average Bonchev–Trinajstić information content (AvgIpc) is 3.74. The maximum Gasteiger partial charge on any atom is 0.329 e. The molecule has 312 valence electrons. The minimum atomic E-state index is -2.75. The van der Waals surface area contributed by atoms with Crippen LogP contribution in [0.5, 0.6) is 5.75 Å². The number of imide groups is 1. The van der Waals surface area contributed by atoms with Crippen LogP contribution in [0, 0.1) is 5.92 Å². The van der Waals surface area contributed by atoms with Crippen LogP contribution in [0.25, 0.3) is 16.7 Å². The summed E-state index contributed by atoms with van der Waals surface area (Å²) in [7, 11) is 3.97. The van der Waals surface area contributed by atoms with Gasteiger partial charge in [0.2, 0.25) is 11.8 Å². The van der Waals surface area contributed by atoms with E-state index in [1.165, 1.54) is 22.8 Å². The van der Waals surface area contributed by atoms with E-state index in [4.69, 9.17) is 9.72 Å². The number of imidazole rings is 2. The Kier molecular flexibility index (Phi) is 11.3. The van der Waals surface area contributed by atoms with Gasteiger partial charge in [-0.2, -0.15) is 0 Å². The number of nitrogens with one attached hydrogen (secondary N) is 2. The third-order valence-corrected chi connectivity index (χ3v) is 12.3. The Hall–Kier alpha value is -5.64. The van der Waals surface area contributed by atoms with Gasteiger partial charge in [-0.05, 0) is 102 Å². The molecule has 14 nitrogen and oxygen atoms in total. The summed E-state index contributed by atoms with van der Waals surface area (Å²) in [6.07, 6.45) is 7.52. The fourth-order valence-electron chi connectivity index (χ4n) is 9.12. The number of alkyl halides is 2. The highest BCUT2D eigenvalue weighted by Crippen LogP contribution is 2.37. The second-order valence-corrected chi connectivity index (χ2v) is 16.6. The summed E-state index contributed by atoms with van der Waals surface area (Å²) >= 11 is 0. The van der Waals surface area contributed by atoms with Gasteiger partial charge in [0, 0.05) is 69.2 Å². The van der Waals surface area contributed by atoms with Crippen molar-refractivity contribution in [1.29, 1.82) is 0 Å². The molecule has 6 heterocycles. The summed E-state index contributed by atoms with van der Waals surface area (Å²) in [6, 6.07) is 11.6. The molecule has 2 N–H and O–H groups in total. The SMILES string of the molecule is CC(C)Oc1cc2nc(C3CCC(CN(C)C4CCN(c5ccc6c(c5)n(C)c(=O)n6C5CCC(=O)NC5=O)CC4)CC3)cn2cc1C(=O)Nc1cccc(C(F)F)n1. The standard InChI is InChI=1S/C43H51F2N9O5/c1-25(2)59-36-21-38-47-32(24-53(38)23-30(36)41(56)48-37-7-5-6-31(46-37)40(44)45)27-10-8-26(9-11-27)22-50(3)28-16-18-52(19-17-28)29-12-13-33-35(20-29)51(4)43(58)54(33)34-14-15-39(55)49-42(34)57/h5-7,12-13,20-21,23-28,34,40H,8-11,14-19,22H2,1-4H3,(H,46,48,56)(H,49,55,57). The number of halogens is 2. The van der Waals surface area contributed by atoms with E-state index in [0.29, 0.717) is 41.2 Å². The van der Waals surface area contributed by atoms with Crippen LogP contribution in [0.15, 0.2) is 59.7 Å². The van der Waals surface area contributed by atoms with Gasteiger partial charge in [-0.25, -0.2) is 23.5 Å². The molecule has 1 aromatic carbocycles. The van der Waals surface area contributed by atoms with E-state index in [9.17, 15) is 28.0 Å². The fourth-order valence-corrected chi connectivity index (χ4v) is 9.12. The van der Waals surface area contributed by atoms with Gasteiger partial charge in [-0.15, -0.1) is 0 Å². The number of carbonyl (C=O) groups is 3. The zero-order valence-electron chi connectivity index (χ0n) is 33.9.